The van der Waals surface area contributed by atoms with E-state index in [4.69, 9.17) is 0 Å². The van der Waals surface area contributed by atoms with E-state index in [9.17, 15) is 31.5 Å². The summed E-state index contributed by atoms with van der Waals surface area (Å²) in [5, 5.41) is 2.09. The number of carbonyl (C=O) groups is 2. The fraction of sp³-hybridized carbons (Fsp3) is 0.286. The van der Waals surface area contributed by atoms with E-state index in [1.807, 2.05) is 0 Å². The lowest BCUT2D eigenvalue weighted by Crippen LogP contribution is -2.34. The summed E-state index contributed by atoms with van der Waals surface area (Å²) in [4.78, 5) is 27.5. The van der Waals surface area contributed by atoms with Crippen LogP contribution in [0, 0.1) is 17.6 Å². The zero-order valence-corrected chi connectivity index (χ0v) is 22.4. The molecule has 0 radical (unpaired) electrons. The van der Waals surface area contributed by atoms with Crippen LogP contribution < -0.4 is 10.2 Å². The van der Waals surface area contributed by atoms with Gasteiger partial charge in [-0.15, -0.1) is 0 Å². The van der Waals surface area contributed by atoms with Gasteiger partial charge in [0.25, 0.3) is 11.8 Å². The van der Waals surface area contributed by atoms with Crippen molar-refractivity contribution in [1.29, 1.82) is 0 Å². The Labute approximate surface area is 229 Å². The molecule has 4 rings (SSSR count). The first-order valence-corrected chi connectivity index (χ1v) is 12.7. The van der Waals surface area contributed by atoms with Crippen molar-refractivity contribution in [2.75, 3.05) is 16.8 Å². The van der Waals surface area contributed by atoms with Gasteiger partial charge in [0.05, 0.1) is 22.5 Å². The second-order valence-corrected chi connectivity index (χ2v) is 10.7. The number of anilines is 2. The average Bonchev–Trinajstić information content (AvgIpc) is 3.67. The van der Waals surface area contributed by atoms with E-state index in [0.717, 1.165) is 55.9 Å². The molecule has 11 heteroatoms. The van der Waals surface area contributed by atoms with Crippen LogP contribution >= 0.6 is 15.9 Å². The van der Waals surface area contributed by atoms with Gasteiger partial charge in [0, 0.05) is 16.6 Å². The van der Waals surface area contributed by atoms with Crippen molar-refractivity contribution in [2.45, 2.75) is 38.5 Å². The predicted molar refractivity (Wildman–Crippen MR) is 138 cm³/mol. The number of amides is 2. The van der Waals surface area contributed by atoms with Gasteiger partial charge in [-0.2, -0.15) is 13.2 Å². The molecule has 0 spiro atoms. The number of halogens is 7. The first-order chi connectivity index (χ1) is 18.2. The fourth-order valence-electron chi connectivity index (χ4n) is 3.98. The summed E-state index contributed by atoms with van der Waals surface area (Å²) in [6, 6.07) is 10.1. The van der Waals surface area contributed by atoms with Crippen molar-refractivity contribution in [2.24, 2.45) is 5.92 Å². The van der Waals surface area contributed by atoms with E-state index >= 15 is 4.39 Å². The van der Waals surface area contributed by atoms with Crippen LogP contribution in [-0.2, 0) is 11.8 Å². The van der Waals surface area contributed by atoms with Crippen LogP contribution in [0.25, 0.3) is 0 Å². The Balaban J connectivity index is 1.71. The Morgan fingerprint density at radius 1 is 1.00 bits per heavy atom. The second kappa shape index (κ2) is 10.7. The van der Waals surface area contributed by atoms with E-state index in [-0.39, 0.29) is 33.7 Å². The molecule has 0 aromatic heterocycles. The summed E-state index contributed by atoms with van der Waals surface area (Å²) in [5.41, 5.74) is -5.15. The van der Waals surface area contributed by atoms with Gasteiger partial charge in [-0.3, -0.25) is 9.59 Å². The third kappa shape index (κ3) is 6.46. The largest absolute Gasteiger partial charge is 0.418 e. The predicted octanol–water partition coefficient (Wildman–Crippen LogP) is 8.26. The minimum Gasteiger partial charge on any atom is -0.320 e. The first-order valence-electron chi connectivity index (χ1n) is 11.9. The molecule has 206 valence electrons. The van der Waals surface area contributed by atoms with Crippen molar-refractivity contribution in [1.82, 2.24) is 0 Å². The normalized spacial score (nSPS) is 13.8. The van der Waals surface area contributed by atoms with Crippen LogP contribution in [-0.4, -0.2) is 18.4 Å². The number of rotatable bonds is 7. The molecule has 0 aliphatic heterocycles. The Bertz CT molecular complexity index is 1410. The molecular formula is C28H23BrF6N2O2. The summed E-state index contributed by atoms with van der Waals surface area (Å²) in [5.74, 6) is -3.39. The van der Waals surface area contributed by atoms with Gasteiger partial charge in [0.15, 0.2) is 5.82 Å². The maximum absolute atomic E-state index is 15.7. The summed E-state index contributed by atoms with van der Waals surface area (Å²) < 4.78 is 84.9. The van der Waals surface area contributed by atoms with Gasteiger partial charge in [0.1, 0.15) is 11.5 Å². The van der Waals surface area contributed by atoms with Gasteiger partial charge < -0.3 is 10.2 Å². The molecule has 1 aliphatic carbocycles. The van der Waals surface area contributed by atoms with Gasteiger partial charge in [0.2, 0.25) is 0 Å². The van der Waals surface area contributed by atoms with E-state index in [2.05, 4.69) is 21.2 Å². The summed E-state index contributed by atoms with van der Waals surface area (Å²) in [6.45, 7) is 2.33. The van der Waals surface area contributed by atoms with Crippen LogP contribution in [0.2, 0.25) is 0 Å². The topological polar surface area (TPSA) is 49.4 Å². The number of carbonyl (C=O) groups excluding carboxylic acids is 2. The van der Waals surface area contributed by atoms with Gasteiger partial charge in [-0.05, 0) is 103 Å². The molecular weight excluding hydrogens is 590 g/mol. The number of nitrogens with zero attached hydrogens (tertiary/aromatic N) is 1. The average molecular weight is 613 g/mol. The maximum atomic E-state index is 15.7. The molecule has 0 heterocycles. The highest BCUT2D eigenvalue weighted by atomic mass is 79.9. The van der Waals surface area contributed by atoms with Gasteiger partial charge >= 0.3 is 6.18 Å². The lowest BCUT2D eigenvalue weighted by molar-refractivity contribution is -0.137. The monoisotopic (exact) mass is 612 g/mol. The first kappa shape index (κ1) is 28.7. The van der Waals surface area contributed by atoms with Crippen LogP contribution in [0.3, 0.4) is 0 Å². The number of alkyl halides is 4. The van der Waals surface area contributed by atoms with Crippen molar-refractivity contribution < 1.29 is 35.9 Å². The van der Waals surface area contributed by atoms with E-state index in [1.54, 1.807) is 0 Å². The highest BCUT2D eigenvalue weighted by Crippen LogP contribution is 2.42. The van der Waals surface area contributed by atoms with Crippen molar-refractivity contribution in [3.8, 4) is 0 Å². The number of hydrogen-bond donors (Lipinski definition) is 1. The smallest absolute Gasteiger partial charge is 0.320 e. The van der Waals surface area contributed by atoms with Crippen LogP contribution in [0.4, 0.5) is 37.7 Å². The lowest BCUT2D eigenvalue weighted by Gasteiger charge is -2.24. The third-order valence-electron chi connectivity index (χ3n) is 6.31. The maximum Gasteiger partial charge on any atom is 0.418 e. The van der Waals surface area contributed by atoms with Crippen molar-refractivity contribution >= 4 is 39.1 Å². The molecule has 0 atom stereocenters. The Kier molecular flexibility index (Phi) is 7.84. The standard InChI is InChI=1S/C28H23BrF6N2O2/c1-27(2,32)17-12-20(28(33,34)35)24(21(29)13-17)36-25(38)19-4-3-5-22(23(19)31)37(14-15-6-7-15)26(39)16-8-10-18(30)11-9-16/h3-5,8-13,15H,6-7,14H2,1-2H3,(H,36,38). The van der Waals surface area contributed by atoms with Crippen LogP contribution in [0.15, 0.2) is 59.1 Å². The molecule has 39 heavy (non-hydrogen) atoms. The molecule has 0 unspecified atom stereocenters. The number of nitrogens with one attached hydrogen (secondary N) is 1. The Morgan fingerprint density at radius 2 is 1.64 bits per heavy atom. The van der Waals surface area contributed by atoms with E-state index in [1.165, 1.54) is 24.3 Å². The van der Waals surface area contributed by atoms with Crippen LogP contribution in [0.1, 0.15) is 58.5 Å². The van der Waals surface area contributed by atoms with E-state index < -0.39 is 52.1 Å². The zero-order valence-electron chi connectivity index (χ0n) is 20.8. The SMILES string of the molecule is CC(C)(F)c1cc(Br)c(NC(=O)c2cccc(N(CC3CC3)C(=O)c3ccc(F)cc3)c2F)c(C(F)(F)F)c1. The quantitative estimate of drug-likeness (QED) is 0.273. The molecule has 4 nitrogen and oxygen atoms in total. The highest BCUT2D eigenvalue weighted by Gasteiger charge is 2.38. The fourth-order valence-corrected chi connectivity index (χ4v) is 4.54. The molecule has 2 amide bonds. The molecule has 1 fully saturated rings. The second-order valence-electron chi connectivity index (χ2n) is 9.81. The van der Waals surface area contributed by atoms with Gasteiger partial charge in [-0.1, -0.05) is 6.07 Å². The Hall–Kier alpha value is -3.34. The molecule has 0 bridgehead atoms. The lowest BCUT2D eigenvalue weighted by atomic mass is 9.96. The minimum atomic E-state index is -4.96. The zero-order chi connectivity index (χ0) is 28.7. The van der Waals surface area contributed by atoms with Crippen LogP contribution in [0.5, 0.6) is 0 Å². The molecule has 3 aromatic rings. The Morgan fingerprint density at radius 3 is 2.21 bits per heavy atom. The van der Waals surface area contributed by atoms with Crippen molar-refractivity contribution in [3.05, 3.63) is 93.0 Å². The van der Waals surface area contributed by atoms with Gasteiger partial charge in [-0.25, -0.2) is 13.2 Å². The summed E-state index contributed by atoms with van der Waals surface area (Å²) in [6.07, 6.45) is -3.33. The molecule has 3 aromatic carbocycles. The number of benzene rings is 3. The molecule has 1 N–H and O–H groups in total. The molecule has 0 saturated heterocycles. The summed E-state index contributed by atoms with van der Waals surface area (Å²) >= 11 is 2.97. The third-order valence-corrected chi connectivity index (χ3v) is 6.93. The van der Waals surface area contributed by atoms with E-state index in [0.29, 0.717) is 6.07 Å². The van der Waals surface area contributed by atoms with Crippen molar-refractivity contribution in [3.63, 3.8) is 0 Å². The molecule has 1 aliphatic rings. The highest BCUT2D eigenvalue weighted by molar-refractivity contribution is 9.10. The molecule has 1 saturated carbocycles. The minimum absolute atomic E-state index is 0.0981. The summed E-state index contributed by atoms with van der Waals surface area (Å²) in [7, 11) is 0. The number of hydrogen-bond acceptors (Lipinski definition) is 2.